The number of amides is 2. The molecule has 1 heterocycles. The van der Waals surface area contributed by atoms with E-state index in [4.69, 9.17) is 5.26 Å². The number of likely N-dealkylation sites (tertiary alicyclic amines) is 1. The first-order valence-electron chi connectivity index (χ1n) is 11.6. The van der Waals surface area contributed by atoms with Gasteiger partial charge in [0, 0.05) is 18.3 Å². The quantitative estimate of drug-likeness (QED) is 0.341. The Kier molecular flexibility index (Phi) is 13.1. The van der Waals surface area contributed by atoms with Gasteiger partial charge in [-0.25, -0.2) is 0 Å². The first-order chi connectivity index (χ1) is 14.5. The Morgan fingerprint density at radius 1 is 1.23 bits per heavy atom. The molecule has 31 heavy (non-hydrogen) atoms. The zero-order valence-electron chi connectivity index (χ0n) is 21.0. The first-order valence-corrected chi connectivity index (χ1v) is 11.6. The average molecular weight is 436 g/mol. The third-order valence-electron chi connectivity index (χ3n) is 5.62. The molecule has 1 aliphatic rings. The molecule has 0 saturated carbocycles. The molecule has 2 amide bonds. The zero-order valence-corrected chi connectivity index (χ0v) is 21.0. The maximum absolute atomic E-state index is 12.8. The van der Waals surface area contributed by atoms with Crippen molar-refractivity contribution in [1.82, 2.24) is 20.9 Å². The monoisotopic (exact) mass is 435 g/mol. The van der Waals surface area contributed by atoms with Crippen molar-refractivity contribution in [2.45, 2.75) is 86.7 Å². The lowest BCUT2D eigenvalue weighted by Crippen LogP contribution is -2.51. The molecule has 0 aliphatic carbocycles. The second kappa shape index (κ2) is 14.1. The molecule has 0 spiro atoms. The van der Waals surface area contributed by atoms with Gasteiger partial charge in [0.2, 0.25) is 11.8 Å². The predicted molar refractivity (Wildman–Crippen MR) is 127 cm³/mol. The van der Waals surface area contributed by atoms with E-state index in [1.165, 1.54) is 0 Å². The van der Waals surface area contributed by atoms with Crippen LogP contribution in [0.15, 0.2) is 12.3 Å². The second-order valence-corrected chi connectivity index (χ2v) is 9.47. The van der Waals surface area contributed by atoms with E-state index in [-0.39, 0.29) is 23.8 Å². The lowest BCUT2D eigenvalue weighted by molar-refractivity contribution is -0.124. The van der Waals surface area contributed by atoms with Gasteiger partial charge in [-0.15, -0.1) is 0 Å². The van der Waals surface area contributed by atoms with E-state index in [1.807, 2.05) is 27.7 Å². The van der Waals surface area contributed by atoms with E-state index in [0.29, 0.717) is 18.5 Å². The minimum absolute atomic E-state index is 0.0533. The van der Waals surface area contributed by atoms with E-state index < -0.39 is 11.9 Å². The molecule has 0 bridgehead atoms. The summed E-state index contributed by atoms with van der Waals surface area (Å²) < 4.78 is 0. The number of hydrogen-bond donors (Lipinski definition) is 3. The van der Waals surface area contributed by atoms with Crippen molar-refractivity contribution >= 4 is 11.8 Å². The number of carbonyl (C=O) groups is 2. The van der Waals surface area contributed by atoms with Gasteiger partial charge in [-0.05, 0) is 30.1 Å². The summed E-state index contributed by atoms with van der Waals surface area (Å²) in [6.07, 6.45) is 4.64. The molecule has 178 valence electrons. The van der Waals surface area contributed by atoms with Gasteiger partial charge in [0.1, 0.15) is 0 Å². The third kappa shape index (κ3) is 10.2. The number of nitrogens with zero attached hydrogens (tertiary/aromatic N) is 2. The number of nitrogens with one attached hydrogen (secondary N) is 3. The number of nitriles is 1. The largest absolute Gasteiger partial charge is 0.370 e. The number of carbonyl (C=O) groups excluding carboxylic acids is 2. The van der Waals surface area contributed by atoms with Crippen LogP contribution in [-0.2, 0) is 9.59 Å². The van der Waals surface area contributed by atoms with E-state index in [9.17, 15) is 9.59 Å². The molecule has 1 rings (SSSR count). The highest BCUT2D eigenvalue weighted by atomic mass is 16.2. The highest BCUT2D eigenvalue weighted by Crippen LogP contribution is 2.38. The molecule has 3 atom stereocenters. The summed E-state index contributed by atoms with van der Waals surface area (Å²) in [6.45, 7) is 22.5. The Morgan fingerprint density at radius 2 is 1.84 bits per heavy atom. The minimum Gasteiger partial charge on any atom is -0.370 e. The Hall–Kier alpha value is -2.07. The normalized spacial score (nSPS) is 19.0. The van der Waals surface area contributed by atoms with Crippen LogP contribution in [0.1, 0.15) is 74.7 Å². The molecule has 1 saturated heterocycles. The Bertz CT molecular complexity index is 624. The molecule has 0 radical (unpaired) electrons. The fourth-order valence-electron chi connectivity index (χ4n) is 4.03. The molecular formula is C24H45N5O2. The molecule has 1 fully saturated rings. The zero-order chi connectivity index (χ0) is 24.2. The van der Waals surface area contributed by atoms with E-state index in [2.05, 4.69) is 55.1 Å². The maximum atomic E-state index is 12.8. The fourth-order valence-corrected chi connectivity index (χ4v) is 4.03. The van der Waals surface area contributed by atoms with Crippen molar-refractivity contribution in [3.63, 3.8) is 0 Å². The van der Waals surface area contributed by atoms with E-state index in [1.54, 1.807) is 6.19 Å². The minimum atomic E-state index is -0.501. The summed E-state index contributed by atoms with van der Waals surface area (Å²) in [5, 5.41) is 16.6. The van der Waals surface area contributed by atoms with Crippen molar-refractivity contribution < 1.29 is 9.59 Å². The van der Waals surface area contributed by atoms with Gasteiger partial charge < -0.3 is 10.2 Å². The standard InChI is InChI=1S/C22H39N5O2.C2H6/c1-8-16(4)20(24-12-19(28)26-14-23)21(29)25-11-17(5)27-13-22(6,7)10-18(27)9-15(2)3;1-2/h15-16,18,20,24H,5,8-13H2,1-4,6-7H3,(H,25,29)(H,26,28);1-2H3. The predicted octanol–water partition coefficient (Wildman–Crippen LogP) is 3.39. The summed E-state index contributed by atoms with van der Waals surface area (Å²) in [5.74, 6) is 0.0628. The van der Waals surface area contributed by atoms with Crippen molar-refractivity contribution in [3.8, 4) is 6.19 Å². The smallest absolute Gasteiger partial charge is 0.246 e. The second-order valence-electron chi connectivity index (χ2n) is 9.47. The molecule has 7 heteroatoms. The van der Waals surface area contributed by atoms with Crippen LogP contribution in [0.5, 0.6) is 0 Å². The molecule has 3 N–H and O–H groups in total. The van der Waals surface area contributed by atoms with Crippen LogP contribution in [-0.4, -0.2) is 48.4 Å². The van der Waals surface area contributed by atoms with Crippen LogP contribution < -0.4 is 16.0 Å². The Balaban J connectivity index is 0.00000436. The summed E-state index contributed by atoms with van der Waals surface area (Å²) in [5.41, 5.74) is 1.17. The summed E-state index contributed by atoms with van der Waals surface area (Å²) in [4.78, 5) is 26.7. The third-order valence-corrected chi connectivity index (χ3v) is 5.62. The van der Waals surface area contributed by atoms with Crippen LogP contribution in [0.4, 0.5) is 0 Å². The van der Waals surface area contributed by atoms with Crippen LogP contribution in [0, 0.1) is 28.7 Å². The molecule has 0 aromatic carbocycles. The van der Waals surface area contributed by atoms with Gasteiger partial charge >= 0.3 is 0 Å². The average Bonchev–Trinajstić information content (AvgIpc) is 3.01. The van der Waals surface area contributed by atoms with Crippen LogP contribution in [0.3, 0.4) is 0 Å². The lowest BCUT2D eigenvalue weighted by atomic mass is 9.88. The van der Waals surface area contributed by atoms with Gasteiger partial charge in [-0.3, -0.25) is 20.2 Å². The fraction of sp³-hybridized carbons (Fsp3) is 0.792. The van der Waals surface area contributed by atoms with Crippen LogP contribution >= 0.6 is 0 Å². The first kappa shape index (κ1) is 28.9. The van der Waals surface area contributed by atoms with Crippen molar-refractivity contribution in [1.29, 1.82) is 5.26 Å². The van der Waals surface area contributed by atoms with Crippen LogP contribution in [0.25, 0.3) is 0 Å². The molecule has 1 aliphatic heterocycles. The number of hydrogen-bond acceptors (Lipinski definition) is 5. The topological polar surface area (TPSA) is 97.3 Å². The summed E-state index contributed by atoms with van der Waals surface area (Å²) >= 11 is 0. The summed E-state index contributed by atoms with van der Waals surface area (Å²) in [6, 6.07) is -0.0497. The molecular weight excluding hydrogens is 390 g/mol. The van der Waals surface area contributed by atoms with E-state index in [0.717, 1.165) is 31.5 Å². The Morgan fingerprint density at radius 3 is 2.35 bits per heavy atom. The summed E-state index contributed by atoms with van der Waals surface area (Å²) in [7, 11) is 0. The van der Waals surface area contributed by atoms with Crippen molar-refractivity contribution in [3.05, 3.63) is 12.3 Å². The van der Waals surface area contributed by atoms with Crippen LogP contribution in [0.2, 0.25) is 0 Å². The molecule has 3 unspecified atom stereocenters. The van der Waals surface area contributed by atoms with E-state index >= 15 is 0 Å². The van der Waals surface area contributed by atoms with Crippen molar-refractivity contribution in [2.75, 3.05) is 19.6 Å². The highest BCUT2D eigenvalue weighted by Gasteiger charge is 2.38. The van der Waals surface area contributed by atoms with Crippen molar-refractivity contribution in [2.24, 2.45) is 17.3 Å². The molecule has 7 nitrogen and oxygen atoms in total. The lowest BCUT2D eigenvalue weighted by Gasteiger charge is -2.31. The molecule has 0 aromatic rings. The van der Waals surface area contributed by atoms with Gasteiger partial charge in [0.05, 0.1) is 19.1 Å². The Labute approximate surface area is 190 Å². The number of rotatable bonds is 11. The van der Waals surface area contributed by atoms with Gasteiger partial charge in [0.25, 0.3) is 0 Å². The highest BCUT2D eigenvalue weighted by molar-refractivity contribution is 5.84. The van der Waals surface area contributed by atoms with Gasteiger partial charge in [-0.2, -0.15) is 5.26 Å². The van der Waals surface area contributed by atoms with Gasteiger partial charge in [-0.1, -0.05) is 68.4 Å². The van der Waals surface area contributed by atoms with Gasteiger partial charge in [0.15, 0.2) is 6.19 Å². The SMILES string of the molecule is C=C(CNC(=O)C(NCC(=O)NC#N)C(C)CC)N1CC(C)(C)CC1CC(C)C.CC. The maximum Gasteiger partial charge on any atom is 0.246 e. The molecule has 0 aromatic heterocycles.